The van der Waals surface area contributed by atoms with Crippen molar-refractivity contribution in [2.24, 2.45) is 11.7 Å². The topological polar surface area (TPSA) is 94.0 Å². The third-order valence-corrected chi connectivity index (χ3v) is 2.51. The molecule has 96 valence electrons. The molecule has 1 heterocycles. The summed E-state index contributed by atoms with van der Waals surface area (Å²) in [7, 11) is 0. The van der Waals surface area contributed by atoms with Gasteiger partial charge in [-0.05, 0) is 19.4 Å². The lowest BCUT2D eigenvalue weighted by atomic mass is 10.1. The Morgan fingerprint density at radius 1 is 1.59 bits per heavy atom. The van der Waals surface area contributed by atoms with E-state index in [2.05, 4.69) is 15.5 Å². The van der Waals surface area contributed by atoms with Gasteiger partial charge in [-0.25, -0.2) is 0 Å². The van der Waals surface area contributed by atoms with Gasteiger partial charge in [0.25, 0.3) is 0 Å². The molecule has 0 saturated heterocycles. The van der Waals surface area contributed by atoms with E-state index >= 15 is 0 Å². The number of nitrogens with two attached hydrogens (primary N) is 1. The highest BCUT2D eigenvalue weighted by atomic mass is 16.5. The second-order valence-corrected chi connectivity index (χ2v) is 4.10. The zero-order valence-corrected chi connectivity index (χ0v) is 10.4. The lowest BCUT2D eigenvalue weighted by Crippen LogP contribution is -2.31. The Balaban J connectivity index is 2.19. The third kappa shape index (κ3) is 4.95. The standard InChI is InChI=1S/C11H20N4O2/c1-8(4-3-6-12)11(16)13-7-5-10-14-9(2)17-15-10/h8H,3-7,12H2,1-2H3,(H,13,16). The maximum absolute atomic E-state index is 11.6. The van der Waals surface area contributed by atoms with E-state index in [9.17, 15) is 4.79 Å². The fraction of sp³-hybridized carbons (Fsp3) is 0.727. The molecular weight excluding hydrogens is 220 g/mol. The molecule has 1 atom stereocenters. The van der Waals surface area contributed by atoms with Gasteiger partial charge < -0.3 is 15.6 Å². The van der Waals surface area contributed by atoms with Gasteiger partial charge in [-0.2, -0.15) is 4.98 Å². The molecule has 6 heteroatoms. The molecule has 3 N–H and O–H groups in total. The van der Waals surface area contributed by atoms with E-state index in [0.717, 1.165) is 12.8 Å². The van der Waals surface area contributed by atoms with Gasteiger partial charge >= 0.3 is 0 Å². The Hall–Kier alpha value is -1.43. The number of aryl methyl sites for hydroxylation is 1. The molecule has 0 fully saturated rings. The van der Waals surface area contributed by atoms with Gasteiger partial charge in [0.05, 0.1) is 0 Å². The first kappa shape index (κ1) is 13.6. The van der Waals surface area contributed by atoms with Crippen LogP contribution in [0.5, 0.6) is 0 Å². The van der Waals surface area contributed by atoms with Crippen molar-refractivity contribution in [2.75, 3.05) is 13.1 Å². The van der Waals surface area contributed by atoms with Crippen LogP contribution < -0.4 is 11.1 Å². The van der Waals surface area contributed by atoms with Crippen LogP contribution in [-0.2, 0) is 11.2 Å². The molecule has 0 bridgehead atoms. The van der Waals surface area contributed by atoms with E-state index in [4.69, 9.17) is 10.3 Å². The second kappa shape index (κ2) is 7.01. The lowest BCUT2D eigenvalue weighted by Gasteiger charge is -2.10. The Morgan fingerprint density at radius 2 is 2.35 bits per heavy atom. The summed E-state index contributed by atoms with van der Waals surface area (Å²) in [6.45, 7) is 4.80. The van der Waals surface area contributed by atoms with Crippen LogP contribution in [0.25, 0.3) is 0 Å². The summed E-state index contributed by atoms with van der Waals surface area (Å²) >= 11 is 0. The average molecular weight is 240 g/mol. The van der Waals surface area contributed by atoms with Crippen molar-refractivity contribution in [3.63, 3.8) is 0 Å². The normalized spacial score (nSPS) is 12.4. The van der Waals surface area contributed by atoms with Crippen molar-refractivity contribution in [1.82, 2.24) is 15.5 Å². The maximum atomic E-state index is 11.6. The lowest BCUT2D eigenvalue weighted by molar-refractivity contribution is -0.124. The van der Waals surface area contributed by atoms with Crippen molar-refractivity contribution in [1.29, 1.82) is 0 Å². The summed E-state index contributed by atoms with van der Waals surface area (Å²) in [5.41, 5.74) is 5.40. The Bertz CT molecular complexity index is 351. The minimum absolute atomic E-state index is 0.00514. The van der Waals surface area contributed by atoms with Gasteiger partial charge in [0.1, 0.15) is 0 Å². The zero-order valence-electron chi connectivity index (χ0n) is 10.4. The van der Waals surface area contributed by atoms with Gasteiger partial charge in [-0.15, -0.1) is 0 Å². The van der Waals surface area contributed by atoms with E-state index in [-0.39, 0.29) is 11.8 Å². The first-order chi connectivity index (χ1) is 8.13. The molecule has 0 aliphatic rings. The van der Waals surface area contributed by atoms with Crippen LogP contribution in [0.3, 0.4) is 0 Å². The van der Waals surface area contributed by atoms with Crippen LogP contribution >= 0.6 is 0 Å². The highest BCUT2D eigenvalue weighted by Gasteiger charge is 2.11. The Labute approximate surface area is 101 Å². The summed E-state index contributed by atoms with van der Waals surface area (Å²) in [4.78, 5) is 15.7. The first-order valence-corrected chi connectivity index (χ1v) is 5.90. The quantitative estimate of drug-likeness (QED) is 0.720. The number of nitrogens with one attached hydrogen (secondary N) is 1. The van der Waals surface area contributed by atoms with Crippen molar-refractivity contribution >= 4 is 5.91 Å². The number of carbonyl (C=O) groups excluding carboxylic acids is 1. The molecular formula is C11H20N4O2. The molecule has 17 heavy (non-hydrogen) atoms. The molecule has 1 rings (SSSR count). The van der Waals surface area contributed by atoms with Crippen molar-refractivity contribution in [2.45, 2.75) is 33.1 Å². The van der Waals surface area contributed by atoms with E-state index in [0.29, 0.717) is 31.2 Å². The van der Waals surface area contributed by atoms with E-state index in [1.165, 1.54) is 0 Å². The number of rotatable bonds is 7. The van der Waals surface area contributed by atoms with Crippen LogP contribution in [0.4, 0.5) is 0 Å². The van der Waals surface area contributed by atoms with Crippen molar-refractivity contribution < 1.29 is 9.32 Å². The van der Waals surface area contributed by atoms with E-state index < -0.39 is 0 Å². The maximum Gasteiger partial charge on any atom is 0.223 e. The van der Waals surface area contributed by atoms with Crippen LogP contribution in [0.2, 0.25) is 0 Å². The van der Waals surface area contributed by atoms with E-state index in [1.807, 2.05) is 6.92 Å². The number of nitrogens with zero attached hydrogens (tertiary/aromatic N) is 2. The first-order valence-electron chi connectivity index (χ1n) is 5.90. The average Bonchev–Trinajstić information content (AvgIpc) is 2.71. The molecule has 1 aromatic rings. The number of hydrogen-bond donors (Lipinski definition) is 2. The predicted octanol–water partition coefficient (Wildman–Crippen LogP) is 0.412. The minimum atomic E-state index is 0.00514. The molecule has 6 nitrogen and oxygen atoms in total. The molecule has 1 aromatic heterocycles. The second-order valence-electron chi connectivity index (χ2n) is 4.10. The van der Waals surface area contributed by atoms with Crippen molar-refractivity contribution in [3.8, 4) is 0 Å². The van der Waals surface area contributed by atoms with E-state index in [1.54, 1.807) is 6.92 Å². The Morgan fingerprint density at radius 3 is 2.94 bits per heavy atom. The van der Waals surface area contributed by atoms with Gasteiger partial charge in [0, 0.05) is 25.8 Å². The largest absolute Gasteiger partial charge is 0.355 e. The summed E-state index contributed by atoms with van der Waals surface area (Å²) < 4.78 is 4.83. The molecule has 0 aromatic carbocycles. The smallest absolute Gasteiger partial charge is 0.223 e. The fourth-order valence-electron chi connectivity index (χ4n) is 1.47. The van der Waals surface area contributed by atoms with Gasteiger partial charge in [-0.1, -0.05) is 12.1 Å². The van der Waals surface area contributed by atoms with Gasteiger partial charge in [-0.3, -0.25) is 4.79 Å². The summed E-state index contributed by atoms with van der Waals surface area (Å²) in [6.07, 6.45) is 2.29. The number of carbonyl (C=O) groups is 1. The monoisotopic (exact) mass is 240 g/mol. The number of aromatic nitrogens is 2. The highest BCUT2D eigenvalue weighted by Crippen LogP contribution is 2.04. The minimum Gasteiger partial charge on any atom is -0.355 e. The van der Waals surface area contributed by atoms with Crippen molar-refractivity contribution in [3.05, 3.63) is 11.7 Å². The molecule has 0 radical (unpaired) electrons. The third-order valence-electron chi connectivity index (χ3n) is 2.51. The zero-order chi connectivity index (χ0) is 12.7. The van der Waals surface area contributed by atoms with Gasteiger partial charge in [0.2, 0.25) is 11.8 Å². The van der Waals surface area contributed by atoms with Crippen LogP contribution in [-0.4, -0.2) is 29.1 Å². The highest BCUT2D eigenvalue weighted by molar-refractivity contribution is 5.78. The van der Waals surface area contributed by atoms with Gasteiger partial charge in [0.15, 0.2) is 5.82 Å². The molecule has 0 aliphatic heterocycles. The molecule has 1 amide bonds. The van der Waals surface area contributed by atoms with Crippen LogP contribution in [0.15, 0.2) is 4.52 Å². The molecule has 1 unspecified atom stereocenters. The van der Waals surface area contributed by atoms with Crippen LogP contribution in [0.1, 0.15) is 31.5 Å². The SMILES string of the molecule is Cc1nc(CCNC(=O)C(C)CCCN)no1. The number of hydrogen-bond acceptors (Lipinski definition) is 5. The molecule has 0 spiro atoms. The summed E-state index contributed by atoms with van der Waals surface area (Å²) in [6, 6.07) is 0. The fourth-order valence-corrected chi connectivity index (χ4v) is 1.47. The predicted molar refractivity (Wildman–Crippen MR) is 63.2 cm³/mol. The summed E-state index contributed by atoms with van der Waals surface area (Å²) in [5.74, 6) is 1.23. The Kier molecular flexibility index (Phi) is 5.62. The molecule has 0 saturated carbocycles. The number of amides is 1. The molecule has 0 aliphatic carbocycles. The van der Waals surface area contributed by atoms with Crippen LogP contribution in [0, 0.1) is 12.8 Å². The summed E-state index contributed by atoms with van der Waals surface area (Å²) in [5, 5.41) is 6.60.